The van der Waals surface area contributed by atoms with E-state index in [0.717, 1.165) is 57.4 Å². The van der Waals surface area contributed by atoms with Crippen LogP contribution in [0.15, 0.2) is 198 Å². The molecule has 12 rings (SSSR count). The molecular formula is C54H38N2OS. The molecule has 0 fully saturated rings. The summed E-state index contributed by atoms with van der Waals surface area (Å²) < 4.78 is 7.64. The molecule has 2 aromatic heterocycles. The molecule has 4 heteroatoms. The fourth-order valence-electron chi connectivity index (χ4n) is 9.65. The summed E-state index contributed by atoms with van der Waals surface area (Å²) in [6.45, 7) is 0. The van der Waals surface area contributed by atoms with Crippen LogP contribution in [0, 0.1) is 0 Å². The molecule has 0 amide bonds. The van der Waals surface area contributed by atoms with Gasteiger partial charge in [0.15, 0.2) is 0 Å². The Morgan fingerprint density at radius 3 is 2.10 bits per heavy atom. The van der Waals surface area contributed by atoms with E-state index in [4.69, 9.17) is 4.42 Å². The number of aryl methyl sites for hydroxylation is 1. The molecule has 9 aromatic rings. The first kappa shape index (κ1) is 33.3. The van der Waals surface area contributed by atoms with Crippen LogP contribution >= 0.6 is 11.3 Å². The predicted molar refractivity (Wildman–Crippen MR) is 245 cm³/mol. The Balaban J connectivity index is 0.983. The third-order valence-corrected chi connectivity index (χ3v) is 13.5. The first-order chi connectivity index (χ1) is 28.8. The molecule has 0 bridgehead atoms. The van der Waals surface area contributed by atoms with E-state index in [0.29, 0.717) is 0 Å². The lowest BCUT2D eigenvalue weighted by molar-refractivity contribution is 0.669. The number of benzene rings is 7. The standard InChI is InChI=1S/C54H38N2OS/c1-2-12-37(13-3-1)56-47-19-7-4-14-43(47)44-33-32-40(34-48(44)56)55(38-28-24-35(25-29-38)41-17-10-21-50-53(41)45-15-5-8-20-49(45)57-50)39-30-26-36(27-31-39)42-18-11-23-52-54(42)46-16-6-9-22-51(46)58-52/h1-8,10-21,23-34,44,48H,9,22H2. The van der Waals surface area contributed by atoms with Crippen LogP contribution in [0.1, 0.15) is 28.3 Å². The van der Waals surface area contributed by atoms with E-state index in [2.05, 4.69) is 198 Å². The van der Waals surface area contributed by atoms with Gasteiger partial charge in [0.25, 0.3) is 0 Å². The Morgan fingerprint density at radius 1 is 0.603 bits per heavy atom. The summed E-state index contributed by atoms with van der Waals surface area (Å²) in [4.78, 5) is 6.44. The number of hydrogen-bond acceptors (Lipinski definition) is 4. The Kier molecular flexibility index (Phi) is 7.67. The Bertz CT molecular complexity index is 3130. The lowest BCUT2D eigenvalue weighted by atomic mass is 9.89. The number of hydrogen-bond donors (Lipinski definition) is 0. The van der Waals surface area contributed by atoms with Gasteiger partial charge in [0.2, 0.25) is 0 Å². The molecule has 58 heavy (non-hydrogen) atoms. The highest BCUT2D eigenvalue weighted by Gasteiger charge is 2.39. The van der Waals surface area contributed by atoms with E-state index in [1.807, 2.05) is 17.4 Å². The van der Waals surface area contributed by atoms with Crippen molar-refractivity contribution in [2.45, 2.75) is 24.8 Å². The predicted octanol–water partition coefficient (Wildman–Crippen LogP) is 15.0. The second-order valence-electron chi connectivity index (χ2n) is 15.5. The number of para-hydroxylation sites is 3. The molecule has 2 unspecified atom stereocenters. The van der Waals surface area contributed by atoms with Gasteiger partial charge in [-0.3, -0.25) is 0 Å². The van der Waals surface area contributed by atoms with Gasteiger partial charge in [-0.1, -0.05) is 121 Å². The van der Waals surface area contributed by atoms with Gasteiger partial charge in [0.05, 0.1) is 6.04 Å². The summed E-state index contributed by atoms with van der Waals surface area (Å²) >= 11 is 1.95. The SMILES string of the molecule is C1=Cc2c(sc3cccc(-c4ccc(N(C5=CC6C(C=C5)c5ccccc5N6c5ccccc5)c5ccc(-c6cccc7oc8ccccc8c67)cc5)cc4)c23)CC1. The average Bonchev–Trinajstić information content (AvgIpc) is 3.97. The molecule has 0 saturated heterocycles. The molecule has 3 heterocycles. The fraction of sp³-hybridized carbons (Fsp3) is 0.0741. The van der Waals surface area contributed by atoms with E-state index in [1.54, 1.807) is 0 Å². The molecule has 0 saturated carbocycles. The summed E-state index contributed by atoms with van der Waals surface area (Å²) in [6, 6.07) is 59.6. The lowest BCUT2D eigenvalue weighted by Crippen LogP contribution is -2.31. The first-order valence-electron chi connectivity index (χ1n) is 20.2. The van der Waals surface area contributed by atoms with Crippen LogP contribution in [-0.2, 0) is 6.42 Å². The van der Waals surface area contributed by atoms with Gasteiger partial charge in [-0.25, -0.2) is 0 Å². The van der Waals surface area contributed by atoms with Crippen molar-refractivity contribution in [3.63, 3.8) is 0 Å². The number of anilines is 4. The number of nitrogens with zero attached hydrogens (tertiary/aromatic N) is 2. The highest BCUT2D eigenvalue weighted by atomic mass is 32.1. The normalized spacial score (nSPS) is 16.8. The van der Waals surface area contributed by atoms with Crippen molar-refractivity contribution in [1.82, 2.24) is 0 Å². The van der Waals surface area contributed by atoms with Crippen LogP contribution in [0.4, 0.5) is 22.7 Å². The minimum absolute atomic E-state index is 0.128. The van der Waals surface area contributed by atoms with Crippen molar-refractivity contribution in [2.24, 2.45) is 0 Å². The summed E-state index contributed by atoms with van der Waals surface area (Å²) in [6.07, 6.45) is 14.1. The molecule has 7 aromatic carbocycles. The number of rotatable bonds is 6. The van der Waals surface area contributed by atoms with Crippen LogP contribution in [0.25, 0.3) is 60.4 Å². The van der Waals surface area contributed by atoms with Crippen LogP contribution in [0.3, 0.4) is 0 Å². The van der Waals surface area contributed by atoms with Crippen molar-refractivity contribution in [2.75, 3.05) is 9.80 Å². The molecule has 1 aliphatic heterocycles. The quantitative estimate of drug-likeness (QED) is 0.168. The lowest BCUT2D eigenvalue weighted by Gasteiger charge is -2.34. The monoisotopic (exact) mass is 762 g/mol. The van der Waals surface area contributed by atoms with Crippen LogP contribution in [0.5, 0.6) is 0 Å². The number of furan rings is 1. The van der Waals surface area contributed by atoms with Gasteiger partial charge in [-0.2, -0.15) is 0 Å². The van der Waals surface area contributed by atoms with E-state index < -0.39 is 0 Å². The van der Waals surface area contributed by atoms with Crippen LogP contribution in [0.2, 0.25) is 0 Å². The van der Waals surface area contributed by atoms with E-state index in [-0.39, 0.29) is 12.0 Å². The Morgan fingerprint density at radius 2 is 1.29 bits per heavy atom. The molecule has 276 valence electrons. The van der Waals surface area contributed by atoms with Gasteiger partial charge in [-0.05, 0) is 119 Å². The zero-order chi connectivity index (χ0) is 38.2. The minimum atomic E-state index is 0.128. The molecule has 0 N–H and O–H groups in total. The van der Waals surface area contributed by atoms with Crippen LogP contribution < -0.4 is 9.80 Å². The van der Waals surface area contributed by atoms with Crippen LogP contribution in [-0.4, -0.2) is 6.04 Å². The van der Waals surface area contributed by atoms with Gasteiger partial charge < -0.3 is 14.2 Å². The number of thiophene rings is 1. The topological polar surface area (TPSA) is 19.6 Å². The van der Waals surface area contributed by atoms with E-state index in [9.17, 15) is 0 Å². The molecule has 3 nitrogen and oxygen atoms in total. The highest BCUT2D eigenvalue weighted by Crippen LogP contribution is 2.50. The Hall–Kier alpha value is -6.88. The van der Waals surface area contributed by atoms with E-state index in [1.165, 1.54) is 54.2 Å². The van der Waals surface area contributed by atoms with Gasteiger partial charge in [0, 0.05) is 60.1 Å². The summed E-state index contributed by atoms with van der Waals surface area (Å²) in [5, 5.41) is 3.67. The van der Waals surface area contributed by atoms with Crippen molar-refractivity contribution in [3.05, 3.63) is 210 Å². The molecule has 2 aliphatic carbocycles. The second-order valence-corrected chi connectivity index (χ2v) is 16.6. The van der Waals surface area contributed by atoms with Gasteiger partial charge in [0.1, 0.15) is 11.2 Å². The molecule has 3 aliphatic rings. The maximum atomic E-state index is 6.27. The average molecular weight is 763 g/mol. The minimum Gasteiger partial charge on any atom is -0.456 e. The fourth-order valence-corrected chi connectivity index (χ4v) is 10.9. The zero-order valence-corrected chi connectivity index (χ0v) is 32.6. The first-order valence-corrected chi connectivity index (χ1v) is 21.0. The molecular weight excluding hydrogens is 725 g/mol. The van der Waals surface area contributed by atoms with Crippen molar-refractivity contribution >= 4 is 72.2 Å². The second kappa shape index (κ2) is 13.4. The summed E-state index contributed by atoms with van der Waals surface area (Å²) in [5.41, 5.74) is 15.3. The van der Waals surface area contributed by atoms with Gasteiger partial charge in [-0.15, -0.1) is 11.3 Å². The third kappa shape index (κ3) is 5.25. The third-order valence-electron chi connectivity index (χ3n) is 12.3. The maximum absolute atomic E-state index is 6.27. The zero-order valence-electron chi connectivity index (χ0n) is 31.8. The highest BCUT2D eigenvalue weighted by molar-refractivity contribution is 7.19. The summed E-state index contributed by atoms with van der Waals surface area (Å²) in [7, 11) is 0. The van der Waals surface area contributed by atoms with Crippen molar-refractivity contribution < 1.29 is 4.42 Å². The smallest absolute Gasteiger partial charge is 0.136 e. The number of fused-ring (bicyclic) bond motifs is 9. The Labute approximate surface area is 341 Å². The number of allylic oxidation sites excluding steroid dienone is 2. The van der Waals surface area contributed by atoms with Crippen molar-refractivity contribution in [1.29, 1.82) is 0 Å². The maximum Gasteiger partial charge on any atom is 0.136 e. The van der Waals surface area contributed by atoms with Gasteiger partial charge >= 0.3 is 0 Å². The van der Waals surface area contributed by atoms with Crippen molar-refractivity contribution in [3.8, 4) is 22.3 Å². The molecule has 0 radical (unpaired) electrons. The summed E-state index contributed by atoms with van der Waals surface area (Å²) in [5.74, 6) is 0.253. The molecule has 2 atom stereocenters. The van der Waals surface area contributed by atoms with E-state index >= 15 is 0 Å². The molecule has 0 spiro atoms. The largest absolute Gasteiger partial charge is 0.456 e.